The molecule has 0 atom stereocenters. The van der Waals surface area contributed by atoms with Gasteiger partial charge in [-0.3, -0.25) is 6.08 Å². The van der Waals surface area contributed by atoms with E-state index in [0.717, 1.165) is 6.42 Å². The smallest absolute Gasteiger partial charge is 0.275 e. The maximum atomic E-state index is 3.18. The van der Waals surface area contributed by atoms with Crippen molar-refractivity contribution in [2.75, 3.05) is 0 Å². The molecule has 0 unspecified atom stereocenters. The monoisotopic (exact) mass is 281 g/mol. The zero-order chi connectivity index (χ0) is 5.66. The maximum Gasteiger partial charge on any atom is 1.00 e. The van der Waals surface area contributed by atoms with Crippen LogP contribution in [-0.4, -0.2) is 0 Å². The molecule has 0 bridgehead atoms. The van der Waals surface area contributed by atoms with Crippen molar-refractivity contribution in [1.29, 1.82) is 0 Å². The quantitative estimate of drug-likeness (QED) is 0.472. The van der Waals surface area contributed by atoms with E-state index < -0.39 is 0 Å². The molecule has 67 valence electrons. The fourth-order valence-corrected chi connectivity index (χ4v) is 0.805. The minimum absolute atomic E-state index is 0. The summed E-state index contributed by atoms with van der Waals surface area (Å²) in [4.78, 5) is 0. The molecule has 3 heteroatoms. The molecule has 1 aliphatic carbocycles. The first kappa shape index (κ1) is 17.7. The van der Waals surface area contributed by atoms with Crippen molar-refractivity contribution in [3.8, 4) is 0 Å². The van der Waals surface area contributed by atoms with Gasteiger partial charge in [0, 0.05) is 0 Å². The molecule has 0 N–H and O–H groups in total. The first-order valence-electron chi connectivity index (χ1n) is 3.22. The van der Waals surface area contributed by atoms with Crippen molar-refractivity contribution in [2.24, 2.45) is 0 Å². The van der Waals surface area contributed by atoms with Gasteiger partial charge in [-0.25, -0.2) is 12.2 Å². The number of halogens is 2. The molecule has 0 aromatic carbocycles. The third kappa shape index (κ3) is 10.7. The summed E-state index contributed by atoms with van der Waals surface area (Å²) >= 11 is 0. The van der Waals surface area contributed by atoms with Gasteiger partial charge in [0.2, 0.25) is 0 Å². The zero-order valence-electron chi connectivity index (χ0n) is 6.23. The fourth-order valence-electron chi connectivity index (χ4n) is 0.805. The molecular formula is C8H13Cl2Ru. The topological polar surface area (TPSA) is 0 Å². The SMILES string of the molecule is Cl.Cl.[C-]1=C/C=C\CCCC1.[Ru+]. The molecular weight excluding hydrogens is 268 g/mol. The summed E-state index contributed by atoms with van der Waals surface area (Å²) in [5.41, 5.74) is 0. The summed E-state index contributed by atoms with van der Waals surface area (Å²) in [7, 11) is 0. The zero-order valence-corrected chi connectivity index (χ0v) is 9.60. The van der Waals surface area contributed by atoms with Crippen LogP contribution in [0.15, 0.2) is 18.2 Å². The van der Waals surface area contributed by atoms with Gasteiger partial charge >= 0.3 is 19.5 Å². The van der Waals surface area contributed by atoms with Crippen molar-refractivity contribution in [1.82, 2.24) is 0 Å². The van der Waals surface area contributed by atoms with Gasteiger partial charge in [-0.05, 0) is 0 Å². The maximum absolute atomic E-state index is 3.18. The second-order valence-corrected chi connectivity index (χ2v) is 2.04. The summed E-state index contributed by atoms with van der Waals surface area (Å²) in [5, 5.41) is 0. The van der Waals surface area contributed by atoms with E-state index in [4.69, 9.17) is 0 Å². The van der Waals surface area contributed by atoms with Gasteiger partial charge in [-0.15, -0.1) is 31.2 Å². The van der Waals surface area contributed by atoms with E-state index in [0.29, 0.717) is 0 Å². The van der Waals surface area contributed by atoms with E-state index in [9.17, 15) is 0 Å². The molecule has 0 aliphatic heterocycles. The van der Waals surface area contributed by atoms with Crippen LogP contribution in [0.1, 0.15) is 25.7 Å². The minimum atomic E-state index is 0. The summed E-state index contributed by atoms with van der Waals surface area (Å²) in [6.45, 7) is 0. The molecule has 0 saturated carbocycles. The van der Waals surface area contributed by atoms with Crippen LogP contribution in [0.2, 0.25) is 0 Å². The third-order valence-corrected chi connectivity index (χ3v) is 1.29. The Kier molecular flexibility index (Phi) is 21.4. The molecule has 0 heterocycles. The van der Waals surface area contributed by atoms with Crippen molar-refractivity contribution in [3.63, 3.8) is 0 Å². The first-order valence-corrected chi connectivity index (χ1v) is 3.22. The van der Waals surface area contributed by atoms with Crippen LogP contribution >= 0.6 is 24.8 Å². The summed E-state index contributed by atoms with van der Waals surface area (Å²) in [6, 6.07) is 0. The molecule has 0 amide bonds. The Morgan fingerprint density at radius 1 is 1.09 bits per heavy atom. The number of hydrogen-bond donors (Lipinski definition) is 0. The Morgan fingerprint density at radius 2 is 1.82 bits per heavy atom. The molecule has 0 aromatic heterocycles. The molecule has 0 spiro atoms. The van der Waals surface area contributed by atoms with Crippen LogP contribution in [0.25, 0.3) is 0 Å². The Morgan fingerprint density at radius 3 is 2.55 bits per heavy atom. The van der Waals surface area contributed by atoms with Crippen molar-refractivity contribution < 1.29 is 19.5 Å². The number of hydrogen-bond acceptors (Lipinski definition) is 0. The Hall–Kier alpha value is 0.683. The van der Waals surface area contributed by atoms with Crippen LogP contribution in [0.3, 0.4) is 0 Å². The summed E-state index contributed by atoms with van der Waals surface area (Å²) in [5.74, 6) is 0. The normalized spacial score (nSPS) is 17.5. The molecule has 1 rings (SSSR count). The molecule has 0 aromatic rings. The van der Waals surface area contributed by atoms with Gasteiger partial charge in [0.05, 0.1) is 0 Å². The predicted octanol–water partition coefficient (Wildman–Crippen LogP) is 3.32. The van der Waals surface area contributed by atoms with Gasteiger partial charge in [0.15, 0.2) is 0 Å². The number of rotatable bonds is 0. The Labute approximate surface area is 94.1 Å². The second-order valence-electron chi connectivity index (χ2n) is 2.04. The van der Waals surface area contributed by atoms with Crippen LogP contribution in [0, 0.1) is 6.08 Å². The average molecular weight is 281 g/mol. The Balaban J connectivity index is -0.000000213. The molecule has 0 nitrogen and oxygen atoms in total. The van der Waals surface area contributed by atoms with Crippen LogP contribution < -0.4 is 0 Å². The van der Waals surface area contributed by atoms with Gasteiger partial charge in [0.25, 0.3) is 0 Å². The Bertz CT molecular complexity index is 96.7. The van der Waals surface area contributed by atoms with Crippen molar-refractivity contribution in [3.05, 3.63) is 24.3 Å². The van der Waals surface area contributed by atoms with Crippen LogP contribution in [-0.2, 0) is 19.5 Å². The van der Waals surface area contributed by atoms with Crippen LogP contribution in [0.5, 0.6) is 0 Å². The predicted molar refractivity (Wildman–Crippen MR) is 49.9 cm³/mol. The third-order valence-electron chi connectivity index (χ3n) is 1.29. The van der Waals surface area contributed by atoms with Crippen molar-refractivity contribution in [2.45, 2.75) is 25.7 Å². The second kappa shape index (κ2) is 13.3. The average Bonchev–Trinajstić information content (AvgIpc) is 1.62. The molecule has 0 fully saturated rings. The van der Waals surface area contributed by atoms with E-state index in [-0.39, 0.29) is 44.3 Å². The fraction of sp³-hybridized carbons (Fsp3) is 0.500. The number of allylic oxidation sites excluding steroid dienone is 4. The standard InChI is InChI=1S/C8H11.2ClH.Ru/c1-2-4-6-8-7-5-3-1;;;/h1-3H,4,6-8H2;2*1H;/q-1;;;+1/b2-1-;;;. The van der Waals surface area contributed by atoms with Gasteiger partial charge < -0.3 is 0 Å². The van der Waals surface area contributed by atoms with Gasteiger partial charge in [-0.2, -0.15) is 6.08 Å². The van der Waals surface area contributed by atoms with E-state index in [1.54, 1.807) is 0 Å². The van der Waals surface area contributed by atoms with Crippen molar-refractivity contribution >= 4 is 24.8 Å². The van der Waals surface area contributed by atoms with Gasteiger partial charge in [0.1, 0.15) is 0 Å². The molecule has 1 radical (unpaired) electrons. The summed E-state index contributed by atoms with van der Waals surface area (Å²) in [6.07, 6.45) is 14.5. The van der Waals surface area contributed by atoms with Gasteiger partial charge in [-0.1, -0.05) is 19.3 Å². The molecule has 1 aliphatic rings. The van der Waals surface area contributed by atoms with Crippen LogP contribution in [0.4, 0.5) is 0 Å². The van der Waals surface area contributed by atoms with E-state index in [1.807, 2.05) is 6.08 Å². The first-order chi connectivity index (χ1) is 4.00. The summed E-state index contributed by atoms with van der Waals surface area (Å²) < 4.78 is 0. The largest absolute Gasteiger partial charge is 1.00 e. The minimum Gasteiger partial charge on any atom is -0.275 e. The molecule has 0 saturated heterocycles. The molecule has 11 heavy (non-hydrogen) atoms. The van der Waals surface area contributed by atoms with E-state index in [2.05, 4.69) is 18.2 Å². The van der Waals surface area contributed by atoms with E-state index in [1.165, 1.54) is 19.3 Å². The van der Waals surface area contributed by atoms with E-state index >= 15 is 0 Å².